The second-order valence-electron chi connectivity index (χ2n) is 8.30. The number of pyridine rings is 1. The van der Waals surface area contributed by atoms with E-state index in [1.807, 2.05) is 0 Å². The quantitative estimate of drug-likeness (QED) is 0.244. The van der Waals surface area contributed by atoms with Gasteiger partial charge in [-0.15, -0.1) is 0 Å². The van der Waals surface area contributed by atoms with E-state index < -0.39 is 0 Å². The number of hydrogen-bond donors (Lipinski definition) is 0. The van der Waals surface area contributed by atoms with Gasteiger partial charge in [-0.2, -0.15) is 0 Å². The summed E-state index contributed by atoms with van der Waals surface area (Å²) in [5.74, 6) is 0. The van der Waals surface area contributed by atoms with Crippen LogP contribution in [-0.4, -0.2) is 4.98 Å². The Morgan fingerprint density at radius 2 is 0.900 bits per heavy atom. The van der Waals surface area contributed by atoms with Crippen LogP contribution in [0.5, 0.6) is 0 Å². The zero-order valence-corrected chi connectivity index (χ0v) is 16.1. The lowest BCUT2D eigenvalue weighted by Crippen LogP contribution is -1.88. The second kappa shape index (κ2) is 4.95. The predicted octanol–water partition coefficient (Wildman–Crippen LogP) is 7.98. The zero-order chi connectivity index (χ0) is 19.4. The summed E-state index contributed by atoms with van der Waals surface area (Å²) < 4.78 is 0. The molecule has 0 saturated carbocycles. The molecule has 0 aliphatic heterocycles. The highest BCUT2D eigenvalue weighted by Crippen LogP contribution is 2.53. The molecule has 0 atom stereocenters. The first kappa shape index (κ1) is 14.9. The van der Waals surface area contributed by atoms with Crippen molar-refractivity contribution >= 4 is 64.8 Å². The van der Waals surface area contributed by atoms with Crippen molar-refractivity contribution in [3.63, 3.8) is 0 Å². The van der Waals surface area contributed by atoms with Gasteiger partial charge in [0.2, 0.25) is 0 Å². The molecule has 7 aromatic rings. The van der Waals surface area contributed by atoms with Crippen LogP contribution in [0.3, 0.4) is 0 Å². The third kappa shape index (κ3) is 1.54. The highest BCUT2D eigenvalue weighted by Gasteiger charge is 2.26. The molecular formula is C29H15N. The minimum atomic E-state index is 1.07. The Labute approximate surface area is 172 Å². The molecule has 0 bridgehead atoms. The number of rotatable bonds is 0. The van der Waals surface area contributed by atoms with E-state index in [0.29, 0.717) is 0 Å². The maximum Gasteiger partial charge on any atom is 0.0801 e. The van der Waals surface area contributed by atoms with Gasteiger partial charge in [0.05, 0.1) is 11.2 Å². The van der Waals surface area contributed by atoms with Gasteiger partial charge in [0.1, 0.15) is 0 Å². The van der Waals surface area contributed by atoms with Crippen molar-refractivity contribution < 1.29 is 0 Å². The summed E-state index contributed by atoms with van der Waals surface area (Å²) in [6, 6.07) is 33.0. The monoisotopic (exact) mass is 377 g/mol. The van der Waals surface area contributed by atoms with Crippen LogP contribution in [0.15, 0.2) is 91.0 Å². The average Bonchev–Trinajstić information content (AvgIpc) is 3.14. The van der Waals surface area contributed by atoms with Crippen molar-refractivity contribution in [2.45, 2.75) is 0 Å². The molecule has 0 radical (unpaired) electrons. The van der Waals surface area contributed by atoms with E-state index in [1.165, 1.54) is 64.8 Å². The Balaban J connectivity index is 1.90. The van der Waals surface area contributed by atoms with Crippen LogP contribution in [0.2, 0.25) is 0 Å². The Bertz CT molecular complexity index is 1890. The van der Waals surface area contributed by atoms with Crippen LogP contribution in [0.25, 0.3) is 76.0 Å². The van der Waals surface area contributed by atoms with E-state index in [2.05, 4.69) is 91.0 Å². The number of benzene rings is 6. The van der Waals surface area contributed by atoms with Gasteiger partial charge >= 0.3 is 0 Å². The van der Waals surface area contributed by atoms with E-state index in [4.69, 9.17) is 4.98 Å². The van der Waals surface area contributed by atoms with Crippen LogP contribution >= 0.6 is 0 Å². The lowest BCUT2D eigenvalue weighted by molar-refractivity contribution is 1.45. The summed E-state index contributed by atoms with van der Waals surface area (Å²) in [7, 11) is 0. The smallest absolute Gasteiger partial charge is 0.0801 e. The Hall–Kier alpha value is -3.97. The highest BCUT2D eigenvalue weighted by atomic mass is 14.7. The molecule has 1 aliphatic carbocycles. The first-order valence-electron chi connectivity index (χ1n) is 10.4. The molecule has 0 saturated heterocycles. The largest absolute Gasteiger partial charge is 0.247 e. The molecule has 0 amide bonds. The fourth-order valence-electron chi connectivity index (χ4n) is 5.82. The minimum absolute atomic E-state index is 1.07. The van der Waals surface area contributed by atoms with Crippen molar-refractivity contribution in [1.29, 1.82) is 0 Å². The molecule has 0 N–H and O–H groups in total. The maximum absolute atomic E-state index is 5.19. The highest BCUT2D eigenvalue weighted by molar-refractivity contribution is 6.47. The molecule has 136 valence electrons. The Morgan fingerprint density at radius 1 is 0.367 bits per heavy atom. The molecule has 6 aromatic carbocycles. The molecular weight excluding hydrogens is 362 g/mol. The van der Waals surface area contributed by atoms with Gasteiger partial charge in [-0.1, -0.05) is 84.9 Å². The standard InChI is InChI=1S/C29H15N/c1-2-9-17-16(8-1)18-13-7-14-22-26(18)27-24(17)19-10-3-4-11-20(19)25-21-12-5-6-15-23(21)30-29(22)28(25)27/h1-15H. The van der Waals surface area contributed by atoms with Gasteiger partial charge < -0.3 is 0 Å². The lowest BCUT2D eigenvalue weighted by atomic mass is 9.89. The molecule has 1 heteroatoms. The lowest BCUT2D eigenvalue weighted by Gasteiger charge is -2.14. The van der Waals surface area contributed by atoms with Crippen LogP contribution < -0.4 is 0 Å². The SMILES string of the molecule is c1ccc2c(c1)nc1c3c2c2ccccc2c2c4ccccc4c4cccc-1c4c32. The number of hydrogen-bond acceptors (Lipinski definition) is 1. The normalized spacial score (nSPS) is 12.7. The number of para-hydroxylation sites is 1. The van der Waals surface area contributed by atoms with Crippen LogP contribution in [0.1, 0.15) is 0 Å². The fraction of sp³-hybridized carbons (Fsp3) is 0. The third-order valence-electron chi connectivity index (χ3n) is 6.91. The molecule has 1 aromatic heterocycles. The summed E-state index contributed by atoms with van der Waals surface area (Å²) in [6.45, 7) is 0. The summed E-state index contributed by atoms with van der Waals surface area (Å²) in [5.41, 5.74) is 3.47. The van der Waals surface area contributed by atoms with Gasteiger partial charge in [0, 0.05) is 32.5 Å². The van der Waals surface area contributed by atoms with E-state index >= 15 is 0 Å². The van der Waals surface area contributed by atoms with Crippen molar-refractivity contribution in [3.05, 3.63) is 91.0 Å². The number of fused-ring (bicyclic) bond motifs is 9. The molecule has 1 heterocycles. The van der Waals surface area contributed by atoms with E-state index in [1.54, 1.807) is 0 Å². The fourth-order valence-corrected chi connectivity index (χ4v) is 5.82. The van der Waals surface area contributed by atoms with E-state index in [-0.39, 0.29) is 0 Å². The van der Waals surface area contributed by atoms with Gasteiger partial charge in [0.15, 0.2) is 0 Å². The van der Waals surface area contributed by atoms with Crippen LogP contribution in [-0.2, 0) is 0 Å². The van der Waals surface area contributed by atoms with Crippen LogP contribution in [0.4, 0.5) is 0 Å². The van der Waals surface area contributed by atoms with Gasteiger partial charge in [-0.3, -0.25) is 0 Å². The van der Waals surface area contributed by atoms with Crippen molar-refractivity contribution in [3.8, 4) is 11.3 Å². The molecule has 1 aliphatic rings. The molecule has 30 heavy (non-hydrogen) atoms. The summed E-state index contributed by atoms with van der Waals surface area (Å²) in [5, 5.41) is 14.6. The van der Waals surface area contributed by atoms with Gasteiger partial charge in [0.25, 0.3) is 0 Å². The summed E-state index contributed by atoms with van der Waals surface area (Å²) in [4.78, 5) is 5.19. The zero-order valence-electron chi connectivity index (χ0n) is 16.1. The van der Waals surface area contributed by atoms with Gasteiger partial charge in [-0.25, -0.2) is 4.98 Å². The number of aromatic nitrogens is 1. The average molecular weight is 377 g/mol. The molecule has 8 rings (SSSR count). The van der Waals surface area contributed by atoms with Crippen molar-refractivity contribution in [2.75, 3.05) is 0 Å². The topological polar surface area (TPSA) is 12.9 Å². The first-order valence-corrected chi connectivity index (χ1v) is 10.4. The third-order valence-corrected chi connectivity index (χ3v) is 6.91. The Morgan fingerprint density at radius 3 is 1.67 bits per heavy atom. The van der Waals surface area contributed by atoms with Gasteiger partial charge in [-0.05, 0) is 38.4 Å². The molecule has 1 nitrogen and oxygen atoms in total. The molecule has 0 spiro atoms. The molecule has 0 unspecified atom stereocenters. The molecule has 0 fully saturated rings. The Kier molecular flexibility index (Phi) is 2.47. The first-order chi connectivity index (χ1) is 14.9. The second-order valence-corrected chi connectivity index (χ2v) is 8.30. The summed E-state index contributed by atoms with van der Waals surface area (Å²) in [6.07, 6.45) is 0. The van der Waals surface area contributed by atoms with Crippen LogP contribution in [0, 0.1) is 0 Å². The predicted molar refractivity (Wildman–Crippen MR) is 128 cm³/mol. The summed E-state index contributed by atoms with van der Waals surface area (Å²) >= 11 is 0. The van der Waals surface area contributed by atoms with E-state index in [9.17, 15) is 0 Å². The van der Waals surface area contributed by atoms with E-state index in [0.717, 1.165) is 11.2 Å². The van der Waals surface area contributed by atoms with Crippen molar-refractivity contribution in [1.82, 2.24) is 4.98 Å². The van der Waals surface area contributed by atoms with Crippen molar-refractivity contribution in [2.24, 2.45) is 0 Å². The maximum atomic E-state index is 5.19. The number of nitrogens with zero attached hydrogens (tertiary/aromatic N) is 1. The minimum Gasteiger partial charge on any atom is -0.247 e.